The second-order valence-electron chi connectivity index (χ2n) is 7.86. The van der Waals surface area contributed by atoms with Crippen LogP contribution in [-0.2, 0) is 24.0 Å². The molecule has 2 fully saturated rings. The number of carbonyl (C=O) groups excluding carboxylic acids is 5. The number of amides is 5. The smallest absolute Gasteiger partial charge is 0.268 e. The Kier molecular flexibility index (Phi) is 9.32. The molecule has 2 rings (SSSR count). The summed E-state index contributed by atoms with van der Waals surface area (Å²) in [5, 5.41) is 25.6. The molecule has 0 aromatic carbocycles. The van der Waals surface area contributed by atoms with Crippen molar-refractivity contribution in [3.05, 3.63) is 11.8 Å². The molecule has 2 heterocycles. The average Bonchev–Trinajstić information content (AvgIpc) is 2.81. The lowest BCUT2D eigenvalue weighted by Gasteiger charge is -2.33. The molecule has 0 spiro atoms. The number of carbonyl (C=O) groups is 5. The van der Waals surface area contributed by atoms with Crippen LogP contribution in [-0.4, -0.2) is 85.3 Å². The van der Waals surface area contributed by atoms with E-state index >= 15 is 0 Å². The van der Waals surface area contributed by atoms with Crippen molar-refractivity contribution in [1.29, 1.82) is 5.41 Å². The zero-order chi connectivity index (χ0) is 25.4. The molecule has 0 radical (unpaired) electrons. The Labute approximate surface area is 196 Å². The molecule has 0 aromatic heterocycles. The molecule has 5 atom stereocenters. The van der Waals surface area contributed by atoms with Gasteiger partial charge in [-0.3, -0.25) is 29.4 Å². The van der Waals surface area contributed by atoms with E-state index < -0.39 is 59.7 Å². The van der Waals surface area contributed by atoms with E-state index in [0.717, 1.165) is 0 Å². The van der Waals surface area contributed by atoms with Crippen LogP contribution in [0.1, 0.15) is 20.3 Å². The van der Waals surface area contributed by atoms with Crippen molar-refractivity contribution < 1.29 is 24.0 Å². The summed E-state index contributed by atoms with van der Waals surface area (Å²) >= 11 is 0. The average molecular weight is 481 g/mol. The third kappa shape index (κ3) is 6.89. The summed E-state index contributed by atoms with van der Waals surface area (Å²) in [7, 11) is 0. The van der Waals surface area contributed by atoms with Crippen molar-refractivity contribution in [3.63, 3.8) is 0 Å². The molecule has 0 aromatic rings. The van der Waals surface area contributed by atoms with Crippen molar-refractivity contribution in [1.82, 2.24) is 37.2 Å². The van der Waals surface area contributed by atoms with Gasteiger partial charge < -0.3 is 48.7 Å². The van der Waals surface area contributed by atoms with Gasteiger partial charge in [0.05, 0.1) is 6.04 Å². The van der Waals surface area contributed by atoms with Crippen molar-refractivity contribution in [2.75, 3.05) is 19.6 Å². The van der Waals surface area contributed by atoms with Gasteiger partial charge in [-0.25, -0.2) is 0 Å². The maximum Gasteiger partial charge on any atom is 0.268 e. The molecular formula is C19H32N10O5. The number of hydrogen-bond donors (Lipinski definition) is 10. The monoisotopic (exact) mass is 480 g/mol. The Morgan fingerprint density at radius 3 is 2.29 bits per heavy atom. The van der Waals surface area contributed by atoms with Gasteiger partial charge in [-0.1, -0.05) is 6.08 Å². The van der Waals surface area contributed by atoms with E-state index in [1.165, 1.54) is 19.9 Å². The van der Waals surface area contributed by atoms with Gasteiger partial charge in [0.2, 0.25) is 23.6 Å². The molecule has 15 nitrogen and oxygen atoms in total. The Morgan fingerprint density at radius 1 is 0.971 bits per heavy atom. The Hall–Kier alpha value is -3.72. The van der Waals surface area contributed by atoms with Gasteiger partial charge in [0.25, 0.3) is 5.91 Å². The van der Waals surface area contributed by atoms with E-state index in [1.54, 1.807) is 0 Å². The lowest BCUT2D eigenvalue weighted by molar-refractivity contribution is -0.132. The lowest BCUT2D eigenvalue weighted by atomic mass is 10.0. The topological polar surface area (TPSA) is 245 Å². The minimum Gasteiger partial charge on any atom is -0.357 e. The molecule has 2 aliphatic rings. The van der Waals surface area contributed by atoms with Crippen LogP contribution in [0.5, 0.6) is 0 Å². The Balaban J connectivity index is 2.35. The summed E-state index contributed by atoms with van der Waals surface area (Å²) in [4.78, 5) is 63.3. The predicted octanol–water partition coefficient (Wildman–Crippen LogP) is -5.22. The third-order valence-corrected chi connectivity index (χ3v) is 5.30. The van der Waals surface area contributed by atoms with Crippen molar-refractivity contribution in [2.45, 2.75) is 50.5 Å². The fraction of sp³-hybridized carbons (Fsp3) is 0.579. The Bertz CT molecular complexity index is 876. The first-order valence-corrected chi connectivity index (χ1v) is 10.8. The molecule has 2 aliphatic heterocycles. The SMILES string of the molecule is C/C=C1\NC(=O)[C@H](CN)NC(=O)[C@H](C)NC(=O)C(N)CNC(=O)[C@H](C2CCNC(=N)N2)NC1=O. The van der Waals surface area contributed by atoms with Crippen LogP contribution in [0.15, 0.2) is 11.8 Å². The molecule has 15 heteroatoms. The summed E-state index contributed by atoms with van der Waals surface area (Å²) in [6, 6.07) is -5.24. The van der Waals surface area contributed by atoms with Crippen LogP contribution < -0.4 is 48.7 Å². The summed E-state index contributed by atoms with van der Waals surface area (Å²) < 4.78 is 0. The largest absolute Gasteiger partial charge is 0.357 e. The van der Waals surface area contributed by atoms with Gasteiger partial charge in [-0.2, -0.15) is 0 Å². The third-order valence-electron chi connectivity index (χ3n) is 5.30. The summed E-state index contributed by atoms with van der Waals surface area (Å²) in [5.74, 6) is -3.59. The highest BCUT2D eigenvalue weighted by molar-refractivity contribution is 6.02. The van der Waals surface area contributed by atoms with E-state index in [-0.39, 0.29) is 24.7 Å². The number of hydrogen-bond acceptors (Lipinski definition) is 8. The highest BCUT2D eigenvalue weighted by Gasteiger charge is 2.34. The molecule has 5 amide bonds. The predicted molar refractivity (Wildman–Crippen MR) is 121 cm³/mol. The summed E-state index contributed by atoms with van der Waals surface area (Å²) in [5.41, 5.74) is 11.3. The zero-order valence-electron chi connectivity index (χ0n) is 19.0. The lowest BCUT2D eigenvalue weighted by Crippen LogP contribution is -2.64. The number of allylic oxidation sites excluding steroid dienone is 1. The van der Waals surface area contributed by atoms with Crippen molar-refractivity contribution in [3.8, 4) is 0 Å². The van der Waals surface area contributed by atoms with Gasteiger partial charge in [0.1, 0.15) is 29.9 Å². The Morgan fingerprint density at radius 2 is 1.68 bits per heavy atom. The highest BCUT2D eigenvalue weighted by Crippen LogP contribution is 2.05. The summed E-state index contributed by atoms with van der Waals surface area (Å²) in [6.07, 6.45) is 1.72. The molecule has 188 valence electrons. The molecule has 0 aliphatic carbocycles. The number of nitrogens with two attached hydrogens (primary N) is 2. The minimum absolute atomic E-state index is 0.0170. The van der Waals surface area contributed by atoms with E-state index in [1.807, 2.05) is 0 Å². The molecule has 0 bridgehead atoms. The number of nitrogens with one attached hydrogen (secondary N) is 8. The van der Waals surface area contributed by atoms with Crippen LogP contribution >= 0.6 is 0 Å². The molecule has 0 saturated carbocycles. The standard InChI is InChI=1S/C19H32N10O5/c1-3-10-16(32)29-13(11-4-5-23-19(22)28-11)18(34)24-7-9(21)15(31)25-8(2)14(30)27-12(6-20)17(33)26-10/h3,8-9,11-13H,4-7,20-21H2,1-2H3,(H,24,34)(H,25,31)(H,26,33)(H,27,30)(H,29,32)(H3,22,23,28)/b10-3-/t8-,9?,11?,12-,13-/m0/s1. The van der Waals surface area contributed by atoms with Crippen molar-refractivity contribution in [2.24, 2.45) is 11.5 Å². The first-order valence-electron chi connectivity index (χ1n) is 10.8. The van der Waals surface area contributed by atoms with Gasteiger partial charge in [-0.05, 0) is 20.3 Å². The minimum atomic E-state index is -1.19. The fourth-order valence-electron chi connectivity index (χ4n) is 3.29. The van der Waals surface area contributed by atoms with Crippen LogP contribution in [0.25, 0.3) is 0 Å². The summed E-state index contributed by atoms with van der Waals surface area (Å²) in [6.45, 7) is 2.75. The van der Waals surface area contributed by atoms with Crippen LogP contribution in [0, 0.1) is 5.41 Å². The molecule has 2 unspecified atom stereocenters. The van der Waals surface area contributed by atoms with E-state index in [0.29, 0.717) is 13.0 Å². The van der Waals surface area contributed by atoms with Crippen LogP contribution in [0.3, 0.4) is 0 Å². The normalized spacial score (nSPS) is 31.3. The second kappa shape index (κ2) is 11.9. The van der Waals surface area contributed by atoms with Crippen molar-refractivity contribution >= 4 is 35.5 Å². The van der Waals surface area contributed by atoms with E-state index in [2.05, 4.69) is 37.2 Å². The first kappa shape index (κ1) is 26.5. The van der Waals surface area contributed by atoms with Crippen LogP contribution in [0.2, 0.25) is 0 Å². The van der Waals surface area contributed by atoms with Crippen LogP contribution in [0.4, 0.5) is 0 Å². The second-order valence-corrected chi connectivity index (χ2v) is 7.86. The first-order chi connectivity index (χ1) is 16.1. The van der Waals surface area contributed by atoms with E-state index in [9.17, 15) is 24.0 Å². The molecule has 2 saturated heterocycles. The van der Waals surface area contributed by atoms with E-state index in [4.69, 9.17) is 16.9 Å². The quantitative estimate of drug-likeness (QED) is 0.169. The highest BCUT2D eigenvalue weighted by atomic mass is 16.2. The number of guanidine groups is 1. The fourth-order valence-corrected chi connectivity index (χ4v) is 3.29. The van der Waals surface area contributed by atoms with Gasteiger partial charge in [0, 0.05) is 19.6 Å². The zero-order valence-corrected chi connectivity index (χ0v) is 19.0. The number of rotatable bonds is 2. The van der Waals surface area contributed by atoms with Gasteiger partial charge >= 0.3 is 0 Å². The van der Waals surface area contributed by atoms with Gasteiger partial charge in [-0.15, -0.1) is 0 Å². The molecule has 34 heavy (non-hydrogen) atoms. The molecule has 12 N–H and O–H groups in total. The maximum atomic E-state index is 13.0. The molecular weight excluding hydrogens is 448 g/mol. The van der Waals surface area contributed by atoms with Gasteiger partial charge in [0.15, 0.2) is 5.96 Å². The maximum absolute atomic E-state index is 13.0.